The molecule has 0 spiro atoms. The van der Waals surface area contributed by atoms with E-state index in [1.54, 1.807) is 0 Å². The van der Waals surface area contributed by atoms with E-state index in [2.05, 4.69) is 4.93 Å². The van der Waals surface area contributed by atoms with Gasteiger partial charge in [-0.2, -0.15) is 0 Å². The molecule has 0 saturated carbocycles. The third kappa shape index (κ3) is 1.98. The van der Waals surface area contributed by atoms with Gasteiger partial charge in [0.05, 0.1) is 0 Å². The second-order valence-corrected chi connectivity index (χ2v) is 5.80. The first kappa shape index (κ1) is 8.20. The van der Waals surface area contributed by atoms with Crippen molar-refractivity contribution in [1.82, 2.24) is 0 Å². The van der Waals surface area contributed by atoms with E-state index in [0.717, 1.165) is 0 Å². The van der Waals surface area contributed by atoms with Gasteiger partial charge in [0.1, 0.15) is 0 Å². The van der Waals surface area contributed by atoms with Crippen LogP contribution in [0.3, 0.4) is 0 Å². The first-order chi connectivity index (χ1) is 3.50. The van der Waals surface area contributed by atoms with Gasteiger partial charge in [-0.05, 0) is 0 Å². The molecular formula is C5H11INO-. The number of carbonyl (C=O) groups excluding carboxylic acids is 1. The number of halogens is 1. The molecule has 0 aliphatic rings. The summed E-state index contributed by atoms with van der Waals surface area (Å²) in [7, 11) is 0. The maximum atomic E-state index is 10.5. The van der Waals surface area contributed by atoms with Gasteiger partial charge in [0.15, 0.2) is 0 Å². The van der Waals surface area contributed by atoms with Crippen LogP contribution in [0.25, 0.3) is 0 Å². The molecule has 0 aliphatic carbocycles. The third-order valence-corrected chi connectivity index (χ3v) is 4.29. The number of hydrogen-bond acceptors (Lipinski definition) is 1. The number of hydrogen-bond donors (Lipinski definition) is 1. The van der Waals surface area contributed by atoms with Gasteiger partial charge < -0.3 is 0 Å². The van der Waals surface area contributed by atoms with E-state index in [1.165, 1.54) is 0 Å². The SMILES string of the molecule is C[I-]C(C)(C)C(N)=O. The van der Waals surface area contributed by atoms with Crippen molar-refractivity contribution in [2.45, 2.75) is 17.3 Å². The van der Waals surface area contributed by atoms with Crippen LogP contribution in [0.4, 0.5) is 0 Å². The van der Waals surface area contributed by atoms with Gasteiger partial charge >= 0.3 is 59.8 Å². The van der Waals surface area contributed by atoms with Crippen LogP contribution in [0.2, 0.25) is 0 Å². The number of rotatable bonds is 2. The number of carbonyl (C=O) groups is 1. The molecule has 8 heavy (non-hydrogen) atoms. The van der Waals surface area contributed by atoms with Crippen molar-refractivity contribution < 1.29 is 26.0 Å². The number of nitrogens with two attached hydrogens (primary N) is 1. The molecule has 0 aromatic heterocycles. The monoisotopic (exact) mass is 228 g/mol. The normalized spacial score (nSPS) is 11.9. The molecule has 2 nitrogen and oxygen atoms in total. The molecule has 0 aromatic carbocycles. The van der Waals surface area contributed by atoms with Gasteiger partial charge in [0.2, 0.25) is 0 Å². The number of primary amides is 1. The fourth-order valence-electron chi connectivity index (χ4n) is 0.0931. The van der Waals surface area contributed by atoms with Crippen LogP contribution in [-0.2, 0) is 4.79 Å². The van der Waals surface area contributed by atoms with Crippen LogP contribution >= 0.6 is 0 Å². The van der Waals surface area contributed by atoms with E-state index in [1.807, 2.05) is 13.8 Å². The Hall–Kier alpha value is 0.200. The van der Waals surface area contributed by atoms with Gasteiger partial charge in [0.25, 0.3) is 0 Å². The zero-order valence-corrected chi connectivity index (χ0v) is 7.52. The molecule has 0 heterocycles. The Labute approximate surface area is 60.1 Å². The summed E-state index contributed by atoms with van der Waals surface area (Å²) in [6.07, 6.45) is 0. The molecule has 0 saturated heterocycles. The summed E-state index contributed by atoms with van der Waals surface area (Å²) < 4.78 is -0.209. The molecular weight excluding hydrogens is 217 g/mol. The van der Waals surface area contributed by atoms with Crippen LogP contribution in [0.15, 0.2) is 0 Å². The molecule has 1 amide bonds. The van der Waals surface area contributed by atoms with E-state index in [4.69, 9.17) is 5.73 Å². The average Bonchev–Trinajstić information content (AvgIpc) is 1.67. The predicted molar refractivity (Wildman–Crippen MR) is 29.2 cm³/mol. The predicted octanol–water partition coefficient (Wildman–Crippen LogP) is -3.03. The summed E-state index contributed by atoms with van der Waals surface area (Å²) in [6.45, 7) is 3.78. The molecule has 3 heteroatoms. The average molecular weight is 228 g/mol. The zero-order chi connectivity index (χ0) is 6.78. The molecule has 50 valence electrons. The van der Waals surface area contributed by atoms with Gasteiger partial charge in [-0.25, -0.2) is 0 Å². The quantitative estimate of drug-likeness (QED) is 0.396. The Bertz CT molecular complexity index is 101. The van der Waals surface area contributed by atoms with Crippen LogP contribution in [0.5, 0.6) is 0 Å². The van der Waals surface area contributed by atoms with Gasteiger partial charge in [-0.3, -0.25) is 0 Å². The van der Waals surface area contributed by atoms with Crippen LogP contribution < -0.4 is 26.9 Å². The van der Waals surface area contributed by atoms with E-state index >= 15 is 0 Å². The second-order valence-electron chi connectivity index (χ2n) is 2.03. The molecule has 0 rings (SSSR count). The van der Waals surface area contributed by atoms with Gasteiger partial charge in [-0.15, -0.1) is 0 Å². The van der Waals surface area contributed by atoms with Crippen LogP contribution in [-0.4, -0.2) is 14.3 Å². The number of alkyl halides is 2. The Balaban J connectivity index is 3.91. The summed E-state index contributed by atoms with van der Waals surface area (Å²) in [4.78, 5) is 12.6. The van der Waals surface area contributed by atoms with Gasteiger partial charge in [-0.1, -0.05) is 0 Å². The zero-order valence-electron chi connectivity index (χ0n) is 5.36. The fraction of sp³-hybridized carbons (Fsp3) is 0.800. The minimum atomic E-state index is -0.209. The maximum absolute atomic E-state index is 10.5. The van der Waals surface area contributed by atoms with Crippen molar-refractivity contribution in [3.63, 3.8) is 0 Å². The van der Waals surface area contributed by atoms with Gasteiger partial charge in [0, 0.05) is 0 Å². The fourth-order valence-corrected chi connectivity index (χ4v) is 0.625. The van der Waals surface area contributed by atoms with E-state index in [9.17, 15) is 4.79 Å². The second kappa shape index (κ2) is 2.66. The van der Waals surface area contributed by atoms with Crippen LogP contribution in [0, 0.1) is 0 Å². The van der Waals surface area contributed by atoms with Crippen molar-refractivity contribution in [3.8, 4) is 0 Å². The Morgan fingerprint density at radius 1 is 1.62 bits per heavy atom. The summed E-state index contributed by atoms with van der Waals surface area (Å²) in [6, 6.07) is 0. The first-order valence-corrected chi connectivity index (χ1v) is 5.55. The third-order valence-electron chi connectivity index (χ3n) is 1.06. The summed E-state index contributed by atoms with van der Waals surface area (Å²) in [5.74, 6) is -0.173. The van der Waals surface area contributed by atoms with E-state index in [0.29, 0.717) is 0 Å². The van der Waals surface area contributed by atoms with Crippen molar-refractivity contribution in [2.75, 3.05) is 4.93 Å². The van der Waals surface area contributed by atoms with E-state index < -0.39 is 0 Å². The molecule has 0 atom stereocenters. The van der Waals surface area contributed by atoms with Crippen LogP contribution in [0.1, 0.15) is 13.8 Å². The molecule has 0 aromatic rings. The summed E-state index contributed by atoms with van der Waals surface area (Å²) >= 11 is -0.0538. The summed E-state index contributed by atoms with van der Waals surface area (Å²) in [5.41, 5.74) is 5.07. The van der Waals surface area contributed by atoms with E-state index in [-0.39, 0.29) is 30.5 Å². The Morgan fingerprint density at radius 3 is 2.00 bits per heavy atom. The summed E-state index contributed by atoms with van der Waals surface area (Å²) in [5, 5.41) is 0. The molecule has 2 N–H and O–H groups in total. The van der Waals surface area contributed by atoms with Crippen molar-refractivity contribution in [2.24, 2.45) is 5.73 Å². The molecule has 0 bridgehead atoms. The Kier molecular flexibility index (Phi) is 2.73. The Morgan fingerprint density at radius 2 is 2.00 bits per heavy atom. The number of amides is 1. The van der Waals surface area contributed by atoms with Crippen molar-refractivity contribution in [1.29, 1.82) is 0 Å². The standard InChI is InChI=1S/C5H11INO/c1-5(2,6-3)4(7)8/h1-3H3,(H2,7,8)/q-1. The minimum absolute atomic E-state index is 0.0538. The van der Waals surface area contributed by atoms with Crippen molar-refractivity contribution >= 4 is 5.91 Å². The molecule has 0 radical (unpaired) electrons. The molecule has 0 fully saturated rings. The van der Waals surface area contributed by atoms with Crippen molar-refractivity contribution in [3.05, 3.63) is 0 Å². The first-order valence-electron chi connectivity index (χ1n) is 2.31. The molecule has 0 unspecified atom stereocenters. The molecule has 0 aliphatic heterocycles. The topological polar surface area (TPSA) is 43.1 Å².